The predicted molar refractivity (Wildman–Crippen MR) is 128 cm³/mol. The molecule has 162 valence electrons. The van der Waals surface area contributed by atoms with Crippen LogP contribution in [0, 0.1) is 0 Å². The van der Waals surface area contributed by atoms with Gasteiger partial charge in [-0.2, -0.15) is 4.98 Å². The summed E-state index contributed by atoms with van der Waals surface area (Å²) in [5, 5.41) is 6.98. The summed E-state index contributed by atoms with van der Waals surface area (Å²) < 4.78 is 0. The number of pyridine rings is 1. The van der Waals surface area contributed by atoms with Gasteiger partial charge >= 0.3 is 0 Å². The molecule has 1 fully saturated rings. The third kappa shape index (κ3) is 5.24. The van der Waals surface area contributed by atoms with E-state index in [1.165, 1.54) is 5.56 Å². The van der Waals surface area contributed by atoms with Crippen LogP contribution >= 0.6 is 11.6 Å². The Bertz CT molecular complexity index is 1010. The first-order valence-electron chi connectivity index (χ1n) is 10.5. The van der Waals surface area contributed by atoms with Crippen molar-refractivity contribution in [3.8, 4) is 0 Å². The smallest absolute Gasteiger partial charge is 0.230 e. The molecule has 31 heavy (non-hydrogen) atoms. The van der Waals surface area contributed by atoms with Crippen LogP contribution < -0.4 is 15.5 Å². The normalized spacial score (nSPS) is 14.7. The molecule has 2 aromatic heterocycles. The lowest BCUT2D eigenvalue weighted by Crippen LogP contribution is -2.44. The number of halogens is 1. The maximum atomic E-state index is 6.36. The van der Waals surface area contributed by atoms with Crippen molar-refractivity contribution in [1.29, 1.82) is 0 Å². The van der Waals surface area contributed by atoms with E-state index in [0.717, 1.165) is 37.6 Å². The molecule has 0 amide bonds. The van der Waals surface area contributed by atoms with Crippen LogP contribution in [0.2, 0.25) is 5.02 Å². The third-order valence-corrected chi connectivity index (χ3v) is 5.71. The topological polar surface area (TPSA) is 69.2 Å². The zero-order valence-electron chi connectivity index (χ0n) is 18.1. The minimum absolute atomic E-state index is 0.380. The number of para-hydroxylation sites is 1. The maximum Gasteiger partial charge on any atom is 0.230 e. The average molecular weight is 438 g/mol. The summed E-state index contributed by atoms with van der Waals surface area (Å²) in [5.41, 5.74) is 3.31. The molecule has 0 unspecified atom stereocenters. The van der Waals surface area contributed by atoms with Gasteiger partial charge < -0.3 is 20.4 Å². The largest absolute Gasteiger partial charge is 0.368 e. The number of rotatable bonds is 6. The Labute approximate surface area is 188 Å². The molecule has 0 spiro atoms. The standard InChI is InChI=1S/C23H28ClN7/c1-16(2)18-6-4-5-7-20(18)27-22-19(24)15-26-23(29-22)28-21-9-8-17(14-25-21)31-12-10-30(3)11-13-31/h4-9,14-16H,10-13H2,1-3H3,(H2,25,26,27,28,29). The SMILES string of the molecule is CC(C)c1ccccc1Nc1nc(Nc2ccc(N3CCN(C)CC3)cn2)ncc1Cl. The van der Waals surface area contributed by atoms with E-state index in [9.17, 15) is 0 Å². The maximum absolute atomic E-state index is 6.36. The molecule has 3 heterocycles. The van der Waals surface area contributed by atoms with Crippen LogP contribution in [0.3, 0.4) is 0 Å². The van der Waals surface area contributed by atoms with Crippen molar-refractivity contribution in [3.05, 3.63) is 59.4 Å². The van der Waals surface area contributed by atoms with E-state index in [-0.39, 0.29) is 0 Å². The number of benzene rings is 1. The fraction of sp³-hybridized carbons (Fsp3) is 0.348. The summed E-state index contributed by atoms with van der Waals surface area (Å²) in [4.78, 5) is 18.1. The van der Waals surface area contributed by atoms with Gasteiger partial charge in [-0.1, -0.05) is 43.6 Å². The van der Waals surface area contributed by atoms with Gasteiger partial charge in [0.1, 0.15) is 10.8 Å². The van der Waals surface area contributed by atoms with Crippen molar-refractivity contribution < 1.29 is 0 Å². The van der Waals surface area contributed by atoms with E-state index in [4.69, 9.17) is 11.6 Å². The Kier molecular flexibility index (Phi) is 6.53. The third-order valence-electron chi connectivity index (χ3n) is 5.44. The lowest BCUT2D eigenvalue weighted by atomic mass is 10.0. The van der Waals surface area contributed by atoms with Gasteiger partial charge in [0.05, 0.1) is 18.1 Å². The highest BCUT2D eigenvalue weighted by atomic mass is 35.5. The molecule has 0 radical (unpaired) electrons. The van der Waals surface area contributed by atoms with Gasteiger partial charge in [0.15, 0.2) is 5.82 Å². The average Bonchev–Trinajstić information content (AvgIpc) is 2.77. The van der Waals surface area contributed by atoms with Gasteiger partial charge in [-0.25, -0.2) is 9.97 Å². The summed E-state index contributed by atoms with van der Waals surface area (Å²) in [6, 6.07) is 12.2. The monoisotopic (exact) mass is 437 g/mol. The molecule has 0 atom stereocenters. The molecular weight excluding hydrogens is 410 g/mol. The summed E-state index contributed by atoms with van der Waals surface area (Å²) in [7, 11) is 2.15. The van der Waals surface area contributed by atoms with Gasteiger partial charge in [-0.3, -0.25) is 0 Å². The Hall–Kier alpha value is -2.90. The molecule has 1 aliphatic heterocycles. The van der Waals surface area contributed by atoms with Gasteiger partial charge in [-0.05, 0) is 36.7 Å². The fourth-order valence-electron chi connectivity index (χ4n) is 3.58. The van der Waals surface area contributed by atoms with Gasteiger partial charge in [0.25, 0.3) is 0 Å². The zero-order chi connectivity index (χ0) is 21.8. The first-order chi connectivity index (χ1) is 15.0. The van der Waals surface area contributed by atoms with Crippen LogP contribution in [0.15, 0.2) is 48.8 Å². The van der Waals surface area contributed by atoms with Crippen LogP contribution in [0.5, 0.6) is 0 Å². The summed E-state index contributed by atoms with van der Waals surface area (Å²) in [6.07, 6.45) is 3.48. The number of hydrogen-bond acceptors (Lipinski definition) is 7. The predicted octanol–water partition coefficient (Wildman–Crippen LogP) is 4.89. The minimum Gasteiger partial charge on any atom is -0.368 e. The van der Waals surface area contributed by atoms with Gasteiger partial charge in [0, 0.05) is 31.9 Å². The summed E-state index contributed by atoms with van der Waals surface area (Å²) in [6.45, 7) is 8.47. The molecule has 1 saturated heterocycles. The number of piperazine rings is 1. The van der Waals surface area contributed by atoms with Crippen LogP contribution in [-0.2, 0) is 0 Å². The number of nitrogens with one attached hydrogen (secondary N) is 2. The Morgan fingerprint density at radius 1 is 0.935 bits per heavy atom. The molecule has 2 N–H and O–H groups in total. The second kappa shape index (κ2) is 9.49. The number of nitrogens with zero attached hydrogens (tertiary/aromatic N) is 5. The Morgan fingerprint density at radius 3 is 2.42 bits per heavy atom. The molecule has 8 heteroatoms. The Morgan fingerprint density at radius 2 is 1.71 bits per heavy atom. The Balaban J connectivity index is 1.47. The molecule has 3 aromatic rings. The first-order valence-corrected chi connectivity index (χ1v) is 10.9. The lowest BCUT2D eigenvalue weighted by Gasteiger charge is -2.33. The molecule has 4 rings (SSSR count). The number of hydrogen-bond donors (Lipinski definition) is 2. The van der Waals surface area contributed by atoms with Gasteiger partial charge in [-0.15, -0.1) is 0 Å². The van der Waals surface area contributed by atoms with E-state index < -0.39 is 0 Å². The van der Waals surface area contributed by atoms with Crippen molar-refractivity contribution in [1.82, 2.24) is 19.9 Å². The highest BCUT2D eigenvalue weighted by molar-refractivity contribution is 6.32. The van der Waals surface area contributed by atoms with E-state index in [1.54, 1.807) is 6.20 Å². The molecule has 1 aromatic carbocycles. The molecule has 0 aliphatic carbocycles. The van der Waals surface area contributed by atoms with E-state index in [0.29, 0.717) is 28.5 Å². The van der Waals surface area contributed by atoms with E-state index >= 15 is 0 Å². The summed E-state index contributed by atoms with van der Waals surface area (Å²) in [5.74, 6) is 2.06. The van der Waals surface area contributed by atoms with E-state index in [2.05, 4.69) is 68.4 Å². The minimum atomic E-state index is 0.380. The van der Waals surface area contributed by atoms with Crippen molar-refractivity contribution in [2.75, 3.05) is 48.8 Å². The highest BCUT2D eigenvalue weighted by Crippen LogP contribution is 2.30. The van der Waals surface area contributed by atoms with Crippen molar-refractivity contribution in [3.63, 3.8) is 0 Å². The molecule has 7 nitrogen and oxygen atoms in total. The second-order valence-corrected chi connectivity index (χ2v) is 8.48. The fourth-order valence-corrected chi connectivity index (χ4v) is 3.72. The molecule has 1 aliphatic rings. The molecule has 0 bridgehead atoms. The first kappa shape index (κ1) is 21.3. The quantitative estimate of drug-likeness (QED) is 0.569. The van der Waals surface area contributed by atoms with E-state index in [1.807, 2.05) is 30.5 Å². The number of likely N-dealkylation sites (N-methyl/N-ethyl adjacent to an activating group) is 1. The van der Waals surface area contributed by atoms with Crippen molar-refractivity contribution in [2.24, 2.45) is 0 Å². The van der Waals surface area contributed by atoms with Crippen molar-refractivity contribution >= 4 is 40.6 Å². The molecule has 0 saturated carbocycles. The van der Waals surface area contributed by atoms with Crippen LogP contribution in [0.1, 0.15) is 25.3 Å². The molecular formula is C23H28ClN7. The van der Waals surface area contributed by atoms with Crippen molar-refractivity contribution in [2.45, 2.75) is 19.8 Å². The van der Waals surface area contributed by atoms with Gasteiger partial charge in [0.2, 0.25) is 5.95 Å². The summed E-state index contributed by atoms with van der Waals surface area (Å²) >= 11 is 6.36. The second-order valence-electron chi connectivity index (χ2n) is 8.07. The lowest BCUT2D eigenvalue weighted by molar-refractivity contribution is 0.313. The van der Waals surface area contributed by atoms with Crippen LogP contribution in [-0.4, -0.2) is 53.1 Å². The number of anilines is 5. The van der Waals surface area contributed by atoms with Crippen LogP contribution in [0.4, 0.5) is 29.0 Å². The number of aromatic nitrogens is 3. The highest BCUT2D eigenvalue weighted by Gasteiger charge is 2.15. The zero-order valence-corrected chi connectivity index (χ0v) is 18.9. The van der Waals surface area contributed by atoms with Crippen LogP contribution in [0.25, 0.3) is 0 Å².